The molecule has 0 aliphatic carbocycles. The van der Waals surface area contributed by atoms with Crippen molar-refractivity contribution in [3.05, 3.63) is 48.0 Å². The molecule has 0 atom stereocenters. The zero-order valence-corrected chi connectivity index (χ0v) is 11.7. The Kier molecular flexibility index (Phi) is 3.52. The average Bonchev–Trinajstić information content (AvgIpc) is 3.01. The molecule has 1 aromatic carbocycles. The Balaban J connectivity index is 1.92. The van der Waals surface area contributed by atoms with E-state index in [9.17, 15) is 0 Å². The summed E-state index contributed by atoms with van der Waals surface area (Å²) in [5, 5.41) is 4.21. The minimum atomic E-state index is 0.620. The summed E-state index contributed by atoms with van der Waals surface area (Å²) in [5.74, 6) is 1.07. The summed E-state index contributed by atoms with van der Waals surface area (Å²) in [6.07, 6.45) is 3.58. The largest absolute Gasteiger partial charge is 0.330 e. The maximum Gasteiger partial charge on any atom is 0.111 e. The van der Waals surface area contributed by atoms with Gasteiger partial charge in [-0.1, -0.05) is 12.1 Å². The summed E-state index contributed by atoms with van der Waals surface area (Å²) in [6.45, 7) is 1.52. The molecular weight excluding hydrogens is 250 g/mol. The molecule has 5 nitrogen and oxygen atoms in total. The minimum Gasteiger partial charge on any atom is -0.330 e. The van der Waals surface area contributed by atoms with Gasteiger partial charge in [-0.2, -0.15) is 5.10 Å². The van der Waals surface area contributed by atoms with E-state index < -0.39 is 0 Å². The van der Waals surface area contributed by atoms with Gasteiger partial charge in [0.05, 0.1) is 11.0 Å². The second-order valence-corrected chi connectivity index (χ2v) is 4.90. The lowest BCUT2D eigenvalue weighted by Crippen LogP contribution is -2.12. The third kappa shape index (κ3) is 2.32. The van der Waals surface area contributed by atoms with E-state index in [0.717, 1.165) is 30.7 Å². The molecule has 2 aromatic heterocycles. The average molecular weight is 269 g/mol. The Morgan fingerprint density at radius 2 is 2.00 bits per heavy atom. The van der Waals surface area contributed by atoms with Crippen molar-refractivity contribution >= 4 is 11.0 Å². The Hall–Kier alpha value is -2.14. The quantitative estimate of drug-likeness (QED) is 0.764. The van der Waals surface area contributed by atoms with Crippen LogP contribution in [0.15, 0.2) is 36.5 Å². The van der Waals surface area contributed by atoms with Crippen LogP contribution in [0.3, 0.4) is 0 Å². The smallest absolute Gasteiger partial charge is 0.111 e. The second-order valence-electron chi connectivity index (χ2n) is 4.90. The first-order valence-corrected chi connectivity index (χ1v) is 6.90. The molecule has 0 aliphatic rings. The van der Waals surface area contributed by atoms with Crippen molar-refractivity contribution in [1.29, 1.82) is 0 Å². The van der Waals surface area contributed by atoms with Crippen molar-refractivity contribution in [2.75, 3.05) is 6.54 Å². The molecule has 3 rings (SSSR count). The van der Waals surface area contributed by atoms with Crippen molar-refractivity contribution in [3.8, 4) is 0 Å². The summed E-state index contributed by atoms with van der Waals surface area (Å²) < 4.78 is 4.19. The predicted molar refractivity (Wildman–Crippen MR) is 79.4 cm³/mol. The van der Waals surface area contributed by atoms with E-state index in [-0.39, 0.29) is 0 Å². The first-order chi connectivity index (χ1) is 9.79. The number of benzene rings is 1. The molecular formula is C15H19N5. The van der Waals surface area contributed by atoms with Crippen LogP contribution in [-0.2, 0) is 26.4 Å². The second kappa shape index (κ2) is 5.46. The Morgan fingerprint density at radius 1 is 1.15 bits per heavy atom. The monoisotopic (exact) mass is 269 g/mol. The van der Waals surface area contributed by atoms with Gasteiger partial charge in [-0.05, 0) is 24.7 Å². The SMILES string of the molecule is Cn1nccc1CCn1c(CCN)nc2ccccc21. The van der Waals surface area contributed by atoms with E-state index in [2.05, 4.69) is 38.9 Å². The molecule has 5 heteroatoms. The van der Waals surface area contributed by atoms with Crippen molar-refractivity contribution in [3.63, 3.8) is 0 Å². The molecule has 0 radical (unpaired) electrons. The summed E-state index contributed by atoms with van der Waals surface area (Å²) >= 11 is 0. The maximum absolute atomic E-state index is 5.70. The van der Waals surface area contributed by atoms with Gasteiger partial charge in [-0.3, -0.25) is 4.68 Å². The number of nitrogens with zero attached hydrogens (tertiary/aromatic N) is 4. The van der Waals surface area contributed by atoms with Crippen LogP contribution < -0.4 is 5.73 Å². The fraction of sp³-hybridized carbons (Fsp3) is 0.333. The van der Waals surface area contributed by atoms with E-state index in [1.807, 2.05) is 24.0 Å². The number of hydrogen-bond acceptors (Lipinski definition) is 3. The predicted octanol–water partition coefficient (Wildman–Crippen LogP) is 1.51. The molecule has 0 bridgehead atoms. The lowest BCUT2D eigenvalue weighted by molar-refractivity contribution is 0.623. The van der Waals surface area contributed by atoms with Crippen LogP contribution in [0, 0.1) is 0 Å². The number of fused-ring (bicyclic) bond motifs is 1. The highest BCUT2D eigenvalue weighted by molar-refractivity contribution is 5.75. The van der Waals surface area contributed by atoms with Gasteiger partial charge in [0.2, 0.25) is 0 Å². The van der Waals surface area contributed by atoms with Crippen molar-refractivity contribution in [2.24, 2.45) is 12.8 Å². The van der Waals surface area contributed by atoms with Crippen LogP contribution in [0.25, 0.3) is 11.0 Å². The number of hydrogen-bond donors (Lipinski definition) is 1. The van der Waals surface area contributed by atoms with E-state index in [0.29, 0.717) is 6.54 Å². The first-order valence-electron chi connectivity index (χ1n) is 6.90. The lowest BCUT2D eigenvalue weighted by Gasteiger charge is -2.09. The fourth-order valence-electron chi connectivity index (χ4n) is 2.57. The van der Waals surface area contributed by atoms with Crippen LogP contribution in [0.4, 0.5) is 0 Å². The molecule has 2 heterocycles. The summed E-state index contributed by atoms with van der Waals surface area (Å²) in [5.41, 5.74) is 9.14. The van der Waals surface area contributed by atoms with Gasteiger partial charge in [0, 0.05) is 38.3 Å². The third-order valence-electron chi connectivity index (χ3n) is 3.62. The highest BCUT2D eigenvalue weighted by Crippen LogP contribution is 2.17. The van der Waals surface area contributed by atoms with Gasteiger partial charge in [0.1, 0.15) is 5.82 Å². The normalized spacial score (nSPS) is 11.3. The highest BCUT2D eigenvalue weighted by atomic mass is 15.3. The fourth-order valence-corrected chi connectivity index (χ4v) is 2.57. The van der Waals surface area contributed by atoms with Crippen LogP contribution >= 0.6 is 0 Å². The molecule has 0 saturated heterocycles. The highest BCUT2D eigenvalue weighted by Gasteiger charge is 2.10. The van der Waals surface area contributed by atoms with Crippen LogP contribution in [0.5, 0.6) is 0 Å². The standard InChI is InChI=1S/C15H19N5/c1-19-12(7-10-17-19)8-11-20-14-5-3-2-4-13(14)18-15(20)6-9-16/h2-5,7,10H,6,8-9,11,16H2,1H3. The zero-order valence-electron chi connectivity index (χ0n) is 11.7. The topological polar surface area (TPSA) is 61.7 Å². The van der Waals surface area contributed by atoms with Crippen LogP contribution in [-0.4, -0.2) is 25.9 Å². The molecule has 3 aromatic rings. The van der Waals surface area contributed by atoms with Gasteiger partial charge in [-0.15, -0.1) is 0 Å². The maximum atomic E-state index is 5.70. The van der Waals surface area contributed by atoms with E-state index >= 15 is 0 Å². The molecule has 0 unspecified atom stereocenters. The number of aromatic nitrogens is 4. The number of imidazole rings is 1. The van der Waals surface area contributed by atoms with Gasteiger partial charge in [-0.25, -0.2) is 4.98 Å². The number of nitrogens with two attached hydrogens (primary N) is 1. The number of rotatable bonds is 5. The van der Waals surface area contributed by atoms with Crippen molar-refractivity contribution < 1.29 is 0 Å². The molecule has 20 heavy (non-hydrogen) atoms. The van der Waals surface area contributed by atoms with Gasteiger partial charge in [0.25, 0.3) is 0 Å². The number of para-hydroxylation sites is 2. The number of aryl methyl sites for hydroxylation is 3. The third-order valence-corrected chi connectivity index (χ3v) is 3.62. The van der Waals surface area contributed by atoms with Crippen molar-refractivity contribution in [1.82, 2.24) is 19.3 Å². The van der Waals surface area contributed by atoms with Gasteiger partial charge < -0.3 is 10.3 Å². The van der Waals surface area contributed by atoms with E-state index in [1.165, 1.54) is 11.2 Å². The molecule has 0 amide bonds. The van der Waals surface area contributed by atoms with Gasteiger partial charge in [0.15, 0.2) is 0 Å². The van der Waals surface area contributed by atoms with Crippen LogP contribution in [0.1, 0.15) is 11.5 Å². The zero-order chi connectivity index (χ0) is 13.9. The molecule has 2 N–H and O–H groups in total. The molecule has 104 valence electrons. The van der Waals surface area contributed by atoms with Crippen molar-refractivity contribution in [2.45, 2.75) is 19.4 Å². The van der Waals surface area contributed by atoms with Crippen LogP contribution in [0.2, 0.25) is 0 Å². The summed E-state index contributed by atoms with van der Waals surface area (Å²) in [7, 11) is 1.97. The minimum absolute atomic E-state index is 0.620. The molecule has 0 fully saturated rings. The first kappa shape index (κ1) is 12.9. The Labute approximate surface area is 118 Å². The Bertz CT molecular complexity index is 710. The summed E-state index contributed by atoms with van der Waals surface area (Å²) in [4.78, 5) is 4.69. The molecule has 0 saturated carbocycles. The molecule has 0 spiro atoms. The van der Waals surface area contributed by atoms with E-state index in [1.54, 1.807) is 0 Å². The van der Waals surface area contributed by atoms with Gasteiger partial charge >= 0.3 is 0 Å². The Morgan fingerprint density at radius 3 is 2.75 bits per heavy atom. The molecule has 0 aliphatic heterocycles. The lowest BCUT2D eigenvalue weighted by atomic mass is 10.2. The van der Waals surface area contributed by atoms with E-state index in [4.69, 9.17) is 5.73 Å². The summed E-state index contributed by atoms with van der Waals surface area (Å²) in [6, 6.07) is 10.3.